The smallest absolute Gasteiger partial charge is 0.407 e. The molecule has 5 atom stereocenters. The molecule has 1 amide bonds. The first-order chi connectivity index (χ1) is 10.9. The fourth-order valence-electron chi connectivity index (χ4n) is 3.89. The van der Waals surface area contributed by atoms with E-state index in [1.165, 1.54) is 18.6 Å². The van der Waals surface area contributed by atoms with Gasteiger partial charge in [0.2, 0.25) is 0 Å². The van der Waals surface area contributed by atoms with Crippen molar-refractivity contribution in [3.05, 3.63) is 0 Å². The Morgan fingerprint density at radius 1 is 1.22 bits per heavy atom. The van der Waals surface area contributed by atoms with Gasteiger partial charge in [0, 0.05) is 24.3 Å². The molecule has 3 fully saturated rings. The molecular formula is C17H30N2O3S. The molecule has 6 heteroatoms. The maximum absolute atomic E-state index is 12.2. The first-order valence-electron chi connectivity index (χ1n) is 8.89. The summed E-state index contributed by atoms with van der Waals surface area (Å²) in [5, 5.41) is 6.86. The molecule has 1 saturated carbocycles. The van der Waals surface area contributed by atoms with Crippen molar-refractivity contribution in [2.24, 2.45) is 5.92 Å². The van der Waals surface area contributed by atoms with Crippen LogP contribution in [0.5, 0.6) is 0 Å². The fourth-order valence-corrected chi connectivity index (χ4v) is 4.97. The molecule has 0 bridgehead atoms. The van der Waals surface area contributed by atoms with Gasteiger partial charge in [-0.3, -0.25) is 0 Å². The van der Waals surface area contributed by atoms with Crippen LogP contribution >= 0.6 is 11.8 Å². The molecule has 1 aliphatic carbocycles. The van der Waals surface area contributed by atoms with Crippen LogP contribution in [0.1, 0.15) is 46.5 Å². The predicted molar refractivity (Wildman–Crippen MR) is 92.9 cm³/mol. The molecule has 2 aliphatic heterocycles. The Balaban J connectivity index is 1.59. The quantitative estimate of drug-likeness (QED) is 0.825. The van der Waals surface area contributed by atoms with E-state index in [2.05, 4.69) is 10.6 Å². The van der Waals surface area contributed by atoms with Gasteiger partial charge < -0.3 is 20.1 Å². The molecule has 23 heavy (non-hydrogen) atoms. The summed E-state index contributed by atoms with van der Waals surface area (Å²) >= 11 is 2.02. The topological polar surface area (TPSA) is 59.6 Å². The Bertz CT molecular complexity index is 421. The number of carbonyl (C=O) groups is 1. The van der Waals surface area contributed by atoms with E-state index in [0.717, 1.165) is 25.2 Å². The van der Waals surface area contributed by atoms with Gasteiger partial charge in [0.25, 0.3) is 0 Å². The van der Waals surface area contributed by atoms with E-state index >= 15 is 0 Å². The Labute approximate surface area is 143 Å². The minimum absolute atomic E-state index is 0.127. The summed E-state index contributed by atoms with van der Waals surface area (Å²) in [6.07, 6.45) is 4.64. The molecule has 2 saturated heterocycles. The largest absolute Gasteiger partial charge is 0.444 e. The van der Waals surface area contributed by atoms with E-state index in [4.69, 9.17) is 9.47 Å². The maximum atomic E-state index is 12.2. The van der Waals surface area contributed by atoms with Gasteiger partial charge in [-0.25, -0.2) is 4.79 Å². The van der Waals surface area contributed by atoms with Crippen molar-refractivity contribution in [2.45, 2.75) is 76.3 Å². The van der Waals surface area contributed by atoms with Gasteiger partial charge >= 0.3 is 6.09 Å². The van der Waals surface area contributed by atoms with Crippen LogP contribution in [0.3, 0.4) is 0 Å². The molecular weight excluding hydrogens is 312 g/mol. The Morgan fingerprint density at radius 2 is 2.04 bits per heavy atom. The van der Waals surface area contributed by atoms with Crippen LogP contribution in [0.2, 0.25) is 0 Å². The predicted octanol–water partition coefficient (Wildman–Crippen LogP) is 2.54. The van der Waals surface area contributed by atoms with Gasteiger partial charge in [0.15, 0.2) is 0 Å². The number of carbonyl (C=O) groups excluding carboxylic acids is 1. The number of hydrogen-bond donors (Lipinski definition) is 2. The minimum atomic E-state index is -0.459. The van der Waals surface area contributed by atoms with Crippen LogP contribution in [0.4, 0.5) is 4.79 Å². The van der Waals surface area contributed by atoms with Crippen LogP contribution in [-0.4, -0.2) is 54.0 Å². The SMILES string of the molecule is CC(C)(C)OC(=O)NC1C2CCCOC2C1NC1CCCSC1. The van der Waals surface area contributed by atoms with Crippen LogP contribution in [0.25, 0.3) is 0 Å². The molecule has 132 valence electrons. The van der Waals surface area contributed by atoms with Gasteiger partial charge in [-0.1, -0.05) is 0 Å². The number of amides is 1. The number of thioether (sulfide) groups is 1. The Kier molecular flexibility index (Phi) is 5.43. The van der Waals surface area contributed by atoms with E-state index < -0.39 is 5.60 Å². The molecule has 2 N–H and O–H groups in total. The number of nitrogens with one attached hydrogen (secondary N) is 2. The van der Waals surface area contributed by atoms with Crippen molar-refractivity contribution in [2.75, 3.05) is 18.1 Å². The highest BCUT2D eigenvalue weighted by Gasteiger charge is 2.53. The van der Waals surface area contributed by atoms with Crippen molar-refractivity contribution in [1.82, 2.24) is 10.6 Å². The van der Waals surface area contributed by atoms with Gasteiger partial charge in [0.1, 0.15) is 5.60 Å². The third kappa shape index (κ3) is 4.34. The fraction of sp³-hybridized carbons (Fsp3) is 0.941. The number of alkyl carbamates (subject to hydrolysis) is 1. The van der Waals surface area contributed by atoms with Crippen LogP contribution < -0.4 is 10.6 Å². The molecule has 0 aromatic heterocycles. The van der Waals surface area contributed by atoms with E-state index in [1.807, 2.05) is 32.5 Å². The summed E-state index contributed by atoms with van der Waals surface area (Å²) in [6, 6.07) is 0.881. The van der Waals surface area contributed by atoms with Crippen molar-refractivity contribution < 1.29 is 14.3 Å². The van der Waals surface area contributed by atoms with E-state index in [0.29, 0.717) is 12.0 Å². The first kappa shape index (κ1) is 17.4. The summed E-state index contributed by atoms with van der Waals surface area (Å²) in [6.45, 7) is 6.54. The summed E-state index contributed by atoms with van der Waals surface area (Å²) in [7, 11) is 0. The van der Waals surface area contributed by atoms with Gasteiger partial charge in [0.05, 0.1) is 18.2 Å². The monoisotopic (exact) mass is 342 g/mol. The summed E-state index contributed by atoms with van der Waals surface area (Å²) in [5.74, 6) is 2.85. The highest BCUT2D eigenvalue weighted by Crippen LogP contribution is 2.39. The molecule has 0 radical (unpaired) electrons. The zero-order valence-corrected chi connectivity index (χ0v) is 15.3. The second-order valence-electron chi connectivity index (χ2n) is 7.92. The lowest BCUT2D eigenvalue weighted by Crippen LogP contribution is -2.74. The number of rotatable bonds is 3. The molecule has 0 spiro atoms. The molecule has 0 aromatic rings. The average molecular weight is 343 g/mol. The lowest BCUT2D eigenvalue weighted by Gasteiger charge is -2.55. The third-order valence-corrected chi connectivity index (χ3v) is 6.10. The molecule has 5 unspecified atom stereocenters. The standard InChI is InChI=1S/C17H30N2O3S/c1-17(2,3)22-16(20)19-13-12-7-4-8-21-15(12)14(13)18-11-6-5-9-23-10-11/h11-15,18H,4-10H2,1-3H3,(H,19,20). The summed E-state index contributed by atoms with van der Waals surface area (Å²) < 4.78 is 11.4. The Morgan fingerprint density at radius 3 is 2.74 bits per heavy atom. The van der Waals surface area contributed by atoms with Gasteiger partial charge in [-0.2, -0.15) is 11.8 Å². The maximum Gasteiger partial charge on any atom is 0.407 e. The highest BCUT2D eigenvalue weighted by atomic mass is 32.2. The van der Waals surface area contributed by atoms with E-state index in [9.17, 15) is 4.79 Å². The number of hydrogen-bond acceptors (Lipinski definition) is 5. The van der Waals surface area contributed by atoms with Crippen LogP contribution in [0.15, 0.2) is 0 Å². The lowest BCUT2D eigenvalue weighted by atomic mass is 9.68. The molecule has 0 aromatic carbocycles. The first-order valence-corrected chi connectivity index (χ1v) is 10.0. The van der Waals surface area contributed by atoms with Crippen LogP contribution in [0, 0.1) is 5.92 Å². The molecule has 2 heterocycles. The molecule has 3 rings (SSSR count). The summed E-state index contributed by atoms with van der Waals surface area (Å²) in [5.41, 5.74) is -0.459. The third-order valence-electron chi connectivity index (χ3n) is 4.89. The van der Waals surface area contributed by atoms with Crippen molar-refractivity contribution in [1.29, 1.82) is 0 Å². The molecule has 5 nitrogen and oxygen atoms in total. The van der Waals surface area contributed by atoms with Crippen molar-refractivity contribution in [3.8, 4) is 0 Å². The highest BCUT2D eigenvalue weighted by molar-refractivity contribution is 7.99. The van der Waals surface area contributed by atoms with E-state index in [1.54, 1.807) is 0 Å². The zero-order valence-electron chi connectivity index (χ0n) is 14.5. The summed E-state index contributed by atoms with van der Waals surface area (Å²) in [4.78, 5) is 12.2. The van der Waals surface area contributed by atoms with E-state index in [-0.39, 0.29) is 24.3 Å². The second kappa shape index (κ2) is 7.19. The van der Waals surface area contributed by atoms with Crippen molar-refractivity contribution >= 4 is 17.9 Å². The van der Waals surface area contributed by atoms with Gasteiger partial charge in [-0.15, -0.1) is 0 Å². The van der Waals surface area contributed by atoms with Crippen molar-refractivity contribution in [3.63, 3.8) is 0 Å². The van der Waals surface area contributed by atoms with Crippen LogP contribution in [-0.2, 0) is 9.47 Å². The minimum Gasteiger partial charge on any atom is -0.444 e. The normalized spacial score (nSPS) is 37.4. The molecule has 3 aliphatic rings. The second-order valence-corrected chi connectivity index (χ2v) is 9.07. The zero-order chi connectivity index (χ0) is 16.4. The number of fused-ring (bicyclic) bond motifs is 1. The van der Waals surface area contributed by atoms with Gasteiger partial charge in [-0.05, 0) is 52.2 Å². The average Bonchev–Trinajstić information content (AvgIpc) is 2.50. The number of ether oxygens (including phenoxy) is 2. The Hall–Kier alpha value is -0.460. The lowest BCUT2D eigenvalue weighted by molar-refractivity contribution is -0.130.